The Morgan fingerprint density at radius 2 is 2.31 bits per heavy atom. The summed E-state index contributed by atoms with van der Waals surface area (Å²) in [5, 5.41) is 18.2. The summed E-state index contributed by atoms with van der Waals surface area (Å²) in [6.07, 6.45) is 1.58. The van der Waals surface area contributed by atoms with E-state index in [-0.39, 0.29) is 18.0 Å². The molecule has 1 heterocycles. The maximum atomic E-state index is 11.0. The first-order chi connectivity index (χ1) is 7.63. The Balaban J connectivity index is 2.32. The molecule has 16 heavy (non-hydrogen) atoms. The summed E-state index contributed by atoms with van der Waals surface area (Å²) >= 11 is 0. The van der Waals surface area contributed by atoms with Crippen LogP contribution in [-0.4, -0.2) is 45.1 Å². The number of aromatic carboxylic acids is 1. The number of amides is 1. The lowest BCUT2D eigenvalue weighted by atomic mass is 10.4. The van der Waals surface area contributed by atoms with Crippen LogP contribution in [0.25, 0.3) is 0 Å². The molecule has 4 N–H and O–H groups in total. The van der Waals surface area contributed by atoms with Crippen molar-refractivity contribution in [2.24, 2.45) is 5.73 Å². The normalized spacial score (nSPS) is 10.1. The van der Waals surface area contributed by atoms with Crippen LogP contribution < -0.4 is 11.1 Å². The largest absolute Gasteiger partial charge is 0.476 e. The standard InChI is InChI=1S/C8H13N5O3/c9-2-1-7(14)10-3-4-13-5-6(8(15)16)11-12-13/h5H,1-4,9H2,(H,10,14)(H,15,16). The van der Waals surface area contributed by atoms with Crippen molar-refractivity contribution in [2.75, 3.05) is 13.1 Å². The average molecular weight is 227 g/mol. The summed E-state index contributed by atoms with van der Waals surface area (Å²) in [4.78, 5) is 21.5. The molecule has 0 aliphatic heterocycles. The Hall–Kier alpha value is -1.96. The van der Waals surface area contributed by atoms with Crippen LogP contribution in [0.5, 0.6) is 0 Å². The summed E-state index contributed by atoms with van der Waals surface area (Å²) < 4.78 is 1.35. The Labute approximate surface area is 91.4 Å². The fraction of sp³-hybridized carbons (Fsp3) is 0.500. The number of carbonyl (C=O) groups is 2. The smallest absolute Gasteiger partial charge is 0.358 e. The van der Waals surface area contributed by atoms with Crippen molar-refractivity contribution in [3.63, 3.8) is 0 Å². The van der Waals surface area contributed by atoms with Crippen LogP contribution in [0.1, 0.15) is 16.9 Å². The Bertz CT molecular complexity index is 376. The van der Waals surface area contributed by atoms with E-state index < -0.39 is 5.97 Å². The Morgan fingerprint density at radius 3 is 2.88 bits per heavy atom. The lowest BCUT2D eigenvalue weighted by Gasteiger charge is -2.03. The summed E-state index contributed by atoms with van der Waals surface area (Å²) in [6.45, 7) is 1.04. The van der Waals surface area contributed by atoms with E-state index in [1.807, 2.05) is 0 Å². The molecular weight excluding hydrogens is 214 g/mol. The van der Waals surface area contributed by atoms with Crippen molar-refractivity contribution in [2.45, 2.75) is 13.0 Å². The van der Waals surface area contributed by atoms with Crippen LogP contribution in [-0.2, 0) is 11.3 Å². The molecule has 0 saturated heterocycles. The molecule has 0 bridgehead atoms. The SMILES string of the molecule is NCCC(=O)NCCn1cc(C(=O)O)nn1. The van der Waals surface area contributed by atoms with Gasteiger partial charge in [0.2, 0.25) is 5.91 Å². The minimum absolute atomic E-state index is 0.117. The molecule has 0 spiro atoms. The van der Waals surface area contributed by atoms with Crippen molar-refractivity contribution < 1.29 is 14.7 Å². The fourth-order valence-corrected chi connectivity index (χ4v) is 1.04. The molecule has 8 heteroatoms. The van der Waals surface area contributed by atoms with E-state index in [4.69, 9.17) is 10.8 Å². The highest BCUT2D eigenvalue weighted by Gasteiger charge is 2.07. The topological polar surface area (TPSA) is 123 Å². The number of nitrogens with zero attached hydrogens (tertiary/aromatic N) is 3. The number of nitrogens with one attached hydrogen (secondary N) is 1. The number of aromatic nitrogens is 3. The second-order valence-corrected chi connectivity index (χ2v) is 3.06. The van der Waals surface area contributed by atoms with E-state index in [9.17, 15) is 9.59 Å². The lowest BCUT2D eigenvalue weighted by molar-refractivity contribution is -0.120. The van der Waals surface area contributed by atoms with Gasteiger partial charge in [0, 0.05) is 19.5 Å². The van der Waals surface area contributed by atoms with Gasteiger partial charge < -0.3 is 16.2 Å². The maximum Gasteiger partial charge on any atom is 0.358 e. The first kappa shape index (κ1) is 12.1. The number of hydrogen-bond acceptors (Lipinski definition) is 5. The summed E-state index contributed by atoms with van der Waals surface area (Å²) in [5.74, 6) is -1.26. The van der Waals surface area contributed by atoms with Crippen molar-refractivity contribution in [1.82, 2.24) is 20.3 Å². The molecule has 1 amide bonds. The van der Waals surface area contributed by atoms with Gasteiger partial charge in [0.05, 0.1) is 12.7 Å². The second-order valence-electron chi connectivity index (χ2n) is 3.06. The summed E-state index contributed by atoms with van der Waals surface area (Å²) in [7, 11) is 0. The van der Waals surface area contributed by atoms with Crippen molar-refractivity contribution in [3.05, 3.63) is 11.9 Å². The van der Waals surface area contributed by atoms with E-state index >= 15 is 0 Å². The highest BCUT2D eigenvalue weighted by atomic mass is 16.4. The van der Waals surface area contributed by atoms with E-state index in [0.717, 1.165) is 0 Å². The van der Waals surface area contributed by atoms with Crippen molar-refractivity contribution in [1.29, 1.82) is 0 Å². The number of carbonyl (C=O) groups excluding carboxylic acids is 1. The van der Waals surface area contributed by atoms with Crippen molar-refractivity contribution >= 4 is 11.9 Å². The van der Waals surface area contributed by atoms with Gasteiger partial charge in [-0.1, -0.05) is 5.21 Å². The van der Waals surface area contributed by atoms with Gasteiger partial charge in [-0.3, -0.25) is 4.79 Å². The number of nitrogens with two attached hydrogens (primary N) is 1. The second kappa shape index (κ2) is 5.81. The number of rotatable bonds is 6. The predicted molar refractivity (Wildman–Crippen MR) is 53.7 cm³/mol. The molecule has 0 atom stereocenters. The molecule has 1 aromatic heterocycles. The molecule has 0 saturated carbocycles. The fourth-order valence-electron chi connectivity index (χ4n) is 1.04. The van der Waals surface area contributed by atoms with Gasteiger partial charge in [0.15, 0.2) is 5.69 Å². The van der Waals surface area contributed by atoms with Gasteiger partial charge >= 0.3 is 5.97 Å². The van der Waals surface area contributed by atoms with E-state index in [1.165, 1.54) is 10.9 Å². The summed E-state index contributed by atoms with van der Waals surface area (Å²) in [5.41, 5.74) is 5.08. The minimum atomic E-state index is -1.13. The lowest BCUT2D eigenvalue weighted by Crippen LogP contribution is -2.28. The van der Waals surface area contributed by atoms with E-state index in [2.05, 4.69) is 15.6 Å². The minimum Gasteiger partial charge on any atom is -0.476 e. The van der Waals surface area contributed by atoms with Crippen LogP contribution in [0.3, 0.4) is 0 Å². The van der Waals surface area contributed by atoms with Gasteiger partial charge in [-0.05, 0) is 0 Å². The number of hydrogen-bond donors (Lipinski definition) is 3. The van der Waals surface area contributed by atoms with Crippen LogP contribution >= 0.6 is 0 Å². The molecule has 88 valence electrons. The zero-order valence-corrected chi connectivity index (χ0v) is 8.59. The predicted octanol–water partition coefficient (Wildman–Crippen LogP) is -1.56. The zero-order chi connectivity index (χ0) is 12.0. The molecule has 1 aromatic rings. The molecule has 0 aliphatic rings. The van der Waals surface area contributed by atoms with Crippen LogP contribution in [0.15, 0.2) is 6.20 Å². The van der Waals surface area contributed by atoms with Gasteiger partial charge in [-0.25, -0.2) is 9.48 Å². The van der Waals surface area contributed by atoms with Gasteiger partial charge in [0.1, 0.15) is 0 Å². The Morgan fingerprint density at radius 1 is 1.56 bits per heavy atom. The molecule has 0 aromatic carbocycles. The van der Waals surface area contributed by atoms with Gasteiger partial charge in [-0.15, -0.1) is 5.10 Å². The summed E-state index contributed by atoms with van der Waals surface area (Å²) in [6, 6.07) is 0. The maximum absolute atomic E-state index is 11.0. The first-order valence-corrected chi connectivity index (χ1v) is 4.73. The highest BCUT2D eigenvalue weighted by Crippen LogP contribution is 1.91. The van der Waals surface area contributed by atoms with Crippen molar-refractivity contribution in [3.8, 4) is 0 Å². The quantitative estimate of drug-likeness (QED) is 0.540. The third-order valence-electron chi connectivity index (χ3n) is 1.79. The van der Waals surface area contributed by atoms with E-state index in [0.29, 0.717) is 19.6 Å². The van der Waals surface area contributed by atoms with Gasteiger partial charge in [-0.2, -0.15) is 0 Å². The van der Waals surface area contributed by atoms with E-state index in [1.54, 1.807) is 0 Å². The van der Waals surface area contributed by atoms with Crippen LogP contribution in [0, 0.1) is 0 Å². The molecule has 8 nitrogen and oxygen atoms in total. The van der Waals surface area contributed by atoms with Crippen LogP contribution in [0.2, 0.25) is 0 Å². The molecular formula is C8H13N5O3. The molecule has 0 aliphatic carbocycles. The monoisotopic (exact) mass is 227 g/mol. The number of carboxylic acid groups (broad SMARTS) is 1. The third-order valence-corrected chi connectivity index (χ3v) is 1.79. The third kappa shape index (κ3) is 3.65. The molecule has 0 unspecified atom stereocenters. The zero-order valence-electron chi connectivity index (χ0n) is 8.59. The highest BCUT2D eigenvalue weighted by molar-refractivity contribution is 5.84. The Kier molecular flexibility index (Phi) is 4.40. The average Bonchev–Trinajstić information content (AvgIpc) is 2.67. The molecule has 1 rings (SSSR count). The van der Waals surface area contributed by atoms with Gasteiger partial charge in [0.25, 0.3) is 0 Å². The number of carboxylic acids is 1. The van der Waals surface area contributed by atoms with Crippen LogP contribution in [0.4, 0.5) is 0 Å². The molecule has 0 fully saturated rings. The molecule has 0 radical (unpaired) electrons. The first-order valence-electron chi connectivity index (χ1n) is 4.73.